The molecule has 1 aromatic rings. The summed E-state index contributed by atoms with van der Waals surface area (Å²) in [5.74, 6) is 1.16. The molecule has 5 heteroatoms. The minimum absolute atomic E-state index is 0.133. The topological polar surface area (TPSA) is 64.8 Å². The number of rotatable bonds is 4. The first-order valence-electron chi connectivity index (χ1n) is 7.62. The molecule has 1 atom stereocenters. The summed E-state index contributed by atoms with van der Waals surface area (Å²) in [5, 5.41) is 0. The monoisotopic (exact) mass is 290 g/mol. The highest BCUT2D eigenvalue weighted by Crippen LogP contribution is 2.34. The van der Waals surface area contributed by atoms with Crippen molar-refractivity contribution >= 4 is 11.6 Å². The average Bonchev–Trinajstić information content (AvgIpc) is 2.90. The van der Waals surface area contributed by atoms with E-state index in [9.17, 15) is 4.79 Å². The number of ether oxygens (including phenoxy) is 2. The fraction of sp³-hybridized carbons (Fsp3) is 0.562. The minimum atomic E-state index is 0.133. The summed E-state index contributed by atoms with van der Waals surface area (Å²) in [6.07, 6.45) is 2.49. The van der Waals surface area contributed by atoms with Gasteiger partial charge in [-0.05, 0) is 24.6 Å². The molecule has 0 radical (unpaired) electrons. The van der Waals surface area contributed by atoms with Crippen LogP contribution in [0.25, 0.3) is 0 Å². The number of hydrogen-bond donors (Lipinski definition) is 1. The van der Waals surface area contributed by atoms with E-state index < -0.39 is 0 Å². The Bertz CT molecular complexity index is 500. The van der Waals surface area contributed by atoms with Crippen molar-refractivity contribution in [3.63, 3.8) is 0 Å². The van der Waals surface area contributed by atoms with Crippen LogP contribution in [-0.4, -0.2) is 38.3 Å². The van der Waals surface area contributed by atoms with Gasteiger partial charge < -0.3 is 20.1 Å². The standard InChI is InChI=1S/C16H22N2O3/c17-10-12-9-16(19)18(11-12)14-3-1-2-4-15(14)21-13-5-7-20-8-6-13/h1-4,12-13H,5-11,17H2. The molecule has 5 nitrogen and oxygen atoms in total. The lowest BCUT2D eigenvalue weighted by molar-refractivity contribution is -0.117. The van der Waals surface area contributed by atoms with Gasteiger partial charge in [-0.15, -0.1) is 0 Å². The zero-order chi connectivity index (χ0) is 14.7. The largest absolute Gasteiger partial charge is 0.488 e. The highest BCUT2D eigenvalue weighted by Gasteiger charge is 2.31. The third kappa shape index (κ3) is 3.19. The van der Waals surface area contributed by atoms with Gasteiger partial charge in [0.15, 0.2) is 0 Å². The lowest BCUT2D eigenvalue weighted by atomic mass is 10.1. The average molecular weight is 290 g/mol. The Morgan fingerprint density at radius 1 is 1.29 bits per heavy atom. The van der Waals surface area contributed by atoms with Crippen LogP contribution in [0.1, 0.15) is 19.3 Å². The molecule has 0 spiro atoms. The Kier molecular flexibility index (Phi) is 4.41. The first kappa shape index (κ1) is 14.4. The quantitative estimate of drug-likeness (QED) is 0.914. The second kappa shape index (κ2) is 6.45. The molecule has 0 aliphatic carbocycles. The van der Waals surface area contributed by atoms with Crippen molar-refractivity contribution in [3.8, 4) is 5.75 Å². The van der Waals surface area contributed by atoms with Crippen molar-refractivity contribution in [2.24, 2.45) is 11.7 Å². The number of carbonyl (C=O) groups is 1. The first-order valence-corrected chi connectivity index (χ1v) is 7.62. The van der Waals surface area contributed by atoms with Gasteiger partial charge in [0.05, 0.1) is 18.9 Å². The molecule has 2 saturated heterocycles. The summed E-state index contributed by atoms with van der Waals surface area (Å²) in [6, 6.07) is 7.77. The molecule has 2 aliphatic heterocycles. The van der Waals surface area contributed by atoms with Gasteiger partial charge in [0.2, 0.25) is 5.91 Å². The maximum absolute atomic E-state index is 12.2. The van der Waals surface area contributed by atoms with Crippen LogP contribution in [0.4, 0.5) is 5.69 Å². The number of nitrogens with two attached hydrogens (primary N) is 1. The Balaban J connectivity index is 1.77. The van der Waals surface area contributed by atoms with Crippen LogP contribution in [0.5, 0.6) is 5.75 Å². The molecule has 0 aromatic heterocycles. The van der Waals surface area contributed by atoms with E-state index >= 15 is 0 Å². The number of benzene rings is 1. The molecule has 2 N–H and O–H groups in total. The van der Waals surface area contributed by atoms with E-state index in [1.165, 1.54) is 0 Å². The molecular weight excluding hydrogens is 268 g/mol. The van der Waals surface area contributed by atoms with Gasteiger partial charge >= 0.3 is 0 Å². The zero-order valence-electron chi connectivity index (χ0n) is 12.2. The van der Waals surface area contributed by atoms with Crippen molar-refractivity contribution in [1.29, 1.82) is 0 Å². The van der Waals surface area contributed by atoms with Gasteiger partial charge in [-0.2, -0.15) is 0 Å². The van der Waals surface area contributed by atoms with E-state index in [-0.39, 0.29) is 17.9 Å². The second-order valence-electron chi connectivity index (χ2n) is 5.71. The number of hydrogen-bond acceptors (Lipinski definition) is 4. The van der Waals surface area contributed by atoms with Crippen LogP contribution < -0.4 is 15.4 Å². The number of amides is 1. The van der Waals surface area contributed by atoms with E-state index in [1.807, 2.05) is 29.2 Å². The third-order valence-corrected chi connectivity index (χ3v) is 4.16. The van der Waals surface area contributed by atoms with Gasteiger partial charge in [-0.25, -0.2) is 0 Å². The molecule has 1 amide bonds. The number of para-hydroxylation sites is 2. The fourth-order valence-electron chi connectivity index (χ4n) is 2.93. The van der Waals surface area contributed by atoms with E-state index in [1.54, 1.807) is 0 Å². The molecule has 1 unspecified atom stereocenters. The van der Waals surface area contributed by atoms with Gasteiger partial charge in [0, 0.05) is 25.8 Å². The first-order chi connectivity index (χ1) is 10.3. The molecule has 2 heterocycles. The Labute approximate surface area is 125 Å². The van der Waals surface area contributed by atoms with Crippen LogP contribution in [0.3, 0.4) is 0 Å². The van der Waals surface area contributed by atoms with Crippen molar-refractivity contribution in [2.45, 2.75) is 25.4 Å². The van der Waals surface area contributed by atoms with Gasteiger partial charge in [0.1, 0.15) is 11.9 Å². The minimum Gasteiger partial charge on any atom is -0.488 e. The maximum atomic E-state index is 12.2. The Hall–Kier alpha value is -1.59. The van der Waals surface area contributed by atoms with Crippen molar-refractivity contribution in [2.75, 3.05) is 31.2 Å². The molecule has 0 bridgehead atoms. The lowest BCUT2D eigenvalue weighted by Crippen LogP contribution is -2.29. The van der Waals surface area contributed by atoms with Gasteiger partial charge in [-0.1, -0.05) is 12.1 Å². The summed E-state index contributed by atoms with van der Waals surface area (Å²) in [6.45, 7) is 2.71. The SMILES string of the molecule is NCC1CC(=O)N(c2ccccc2OC2CCOCC2)C1. The second-order valence-corrected chi connectivity index (χ2v) is 5.71. The maximum Gasteiger partial charge on any atom is 0.227 e. The van der Waals surface area contributed by atoms with Crippen LogP contribution in [-0.2, 0) is 9.53 Å². The lowest BCUT2D eigenvalue weighted by Gasteiger charge is -2.26. The molecule has 0 saturated carbocycles. The molecule has 2 fully saturated rings. The summed E-state index contributed by atoms with van der Waals surface area (Å²) in [7, 11) is 0. The van der Waals surface area contributed by atoms with Crippen LogP contribution >= 0.6 is 0 Å². The molecule has 1 aromatic carbocycles. The number of anilines is 1. The van der Waals surface area contributed by atoms with Gasteiger partial charge in [-0.3, -0.25) is 4.79 Å². The molecule has 2 aliphatic rings. The van der Waals surface area contributed by atoms with Crippen molar-refractivity contribution in [1.82, 2.24) is 0 Å². The predicted octanol–water partition coefficient (Wildman–Crippen LogP) is 1.56. The Morgan fingerprint density at radius 2 is 2.05 bits per heavy atom. The Morgan fingerprint density at radius 3 is 2.76 bits per heavy atom. The van der Waals surface area contributed by atoms with Crippen LogP contribution in [0, 0.1) is 5.92 Å². The molecule has 3 rings (SSSR count). The molecule has 114 valence electrons. The number of nitrogens with zero attached hydrogens (tertiary/aromatic N) is 1. The highest BCUT2D eigenvalue weighted by molar-refractivity contribution is 5.97. The summed E-state index contributed by atoms with van der Waals surface area (Å²) < 4.78 is 11.5. The smallest absolute Gasteiger partial charge is 0.227 e. The van der Waals surface area contributed by atoms with E-state index in [0.717, 1.165) is 37.5 Å². The third-order valence-electron chi connectivity index (χ3n) is 4.16. The van der Waals surface area contributed by atoms with E-state index in [0.29, 0.717) is 19.5 Å². The van der Waals surface area contributed by atoms with E-state index in [2.05, 4.69) is 0 Å². The summed E-state index contributed by atoms with van der Waals surface area (Å²) in [4.78, 5) is 14.0. The summed E-state index contributed by atoms with van der Waals surface area (Å²) in [5.41, 5.74) is 6.57. The molecular formula is C16H22N2O3. The van der Waals surface area contributed by atoms with Crippen LogP contribution in [0.15, 0.2) is 24.3 Å². The summed E-state index contributed by atoms with van der Waals surface area (Å²) >= 11 is 0. The highest BCUT2D eigenvalue weighted by atomic mass is 16.5. The molecule has 21 heavy (non-hydrogen) atoms. The fourth-order valence-corrected chi connectivity index (χ4v) is 2.93. The van der Waals surface area contributed by atoms with Gasteiger partial charge in [0.25, 0.3) is 0 Å². The van der Waals surface area contributed by atoms with Crippen molar-refractivity contribution < 1.29 is 14.3 Å². The van der Waals surface area contributed by atoms with Crippen molar-refractivity contribution in [3.05, 3.63) is 24.3 Å². The van der Waals surface area contributed by atoms with Crippen LogP contribution in [0.2, 0.25) is 0 Å². The number of carbonyl (C=O) groups excluding carboxylic acids is 1. The predicted molar refractivity (Wildman–Crippen MR) is 80.4 cm³/mol. The zero-order valence-corrected chi connectivity index (χ0v) is 12.2. The normalized spacial score (nSPS) is 23.6. The van der Waals surface area contributed by atoms with E-state index in [4.69, 9.17) is 15.2 Å².